The summed E-state index contributed by atoms with van der Waals surface area (Å²) in [5.41, 5.74) is -0.0585. The Morgan fingerprint density at radius 3 is 2.37 bits per heavy atom. The number of carbonyl (C=O) groups excluding carboxylic acids is 1. The minimum absolute atomic E-state index is 0.0628. The number of likely N-dealkylation sites (N-methyl/N-ethyl adjacent to an activating group) is 1. The van der Waals surface area contributed by atoms with Crippen molar-refractivity contribution < 1.29 is 9.18 Å². The van der Waals surface area contributed by atoms with E-state index in [0.29, 0.717) is 40.9 Å². The Morgan fingerprint density at radius 2 is 1.68 bits per heavy atom. The van der Waals surface area contributed by atoms with Gasteiger partial charge in [0.05, 0.1) is 23.4 Å². The molecule has 0 unspecified atom stereocenters. The second kappa shape index (κ2) is 10.2. The zero-order valence-electron chi connectivity index (χ0n) is 22.8. The van der Waals surface area contributed by atoms with E-state index >= 15 is 0 Å². The molecule has 6 rings (SSSR count). The highest BCUT2D eigenvalue weighted by molar-refractivity contribution is 14.1. The number of carbonyl (C=O) groups is 1. The summed E-state index contributed by atoms with van der Waals surface area (Å²) in [4.78, 5) is 58.0. The fourth-order valence-electron chi connectivity index (χ4n) is 5.44. The van der Waals surface area contributed by atoms with Crippen LogP contribution >= 0.6 is 22.6 Å². The fraction of sp³-hybridized carbons (Fsp3) is 0.310. The van der Waals surface area contributed by atoms with Crippen LogP contribution in [0.1, 0.15) is 24.4 Å². The predicted octanol–water partition coefficient (Wildman–Crippen LogP) is 3.26. The number of benzene rings is 2. The number of nitrogens with zero attached hydrogens (tertiary/aromatic N) is 5. The highest BCUT2D eigenvalue weighted by Crippen LogP contribution is 2.34. The molecule has 1 N–H and O–H groups in total. The van der Waals surface area contributed by atoms with Gasteiger partial charge in [0, 0.05) is 41.0 Å². The molecule has 4 aromatic rings. The van der Waals surface area contributed by atoms with Crippen molar-refractivity contribution >= 4 is 56.6 Å². The number of amides is 1. The van der Waals surface area contributed by atoms with Crippen molar-refractivity contribution in [2.75, 3.05) is 36.9 Å². The second-order valence-corrected chi connectivity index (χ2v) is 11.9. The lowest BCUT2D eigenvalue weighted by atomic mass is 10.1. The molecule has 212 valence electrons. The minimum Gasteiger partial charge on any atom is -0.338 e. The van der Waals surface area contributed by atoms with Crippen molar-refractivity contribution in [2.24, 2.45) is 7.05 Å². The van der Waals surface area contributed by atoms with Crippen LogP contribution < -0.4 is 27.0 Å². The first-order valence-corrected chi connectivity index (χ1v) is 14.4. The monoisotopic (exact) mass is 670 g/mol. The Bertz CT molecular complexity index is 1930. The van der Waals surface area contributed by atoms with Crippen molar-refractivity contribution in [3.63, 3.8) is 0 Å². The Kier molecular flexibility index (Phi) is 6.85. The van der Waals surface area contributed by atoms with E-state index in [9.17, 15) is 23.6 Å². The summed E-state index contributed by atoms with van der Waals surface area (Å²) in [5.74, 6) is -0.514. The largest absolute Gasteiger partial charge is 0.338 e. The van der Waals surface area contributed by atoms with Gasteiger partial charge in [0.1, 0.15) is 17.0 Å². The lowest BCUT2D eigenvalue weighted by molar-refractivity contribution is -0.120. The van der Waals surface area contributed by atoms with Crippen LogP contribution in [-0.4, -0.2) is 51.2 Å². The van der Waals surface area contributed by atoms with E-state index in [1.807, 2.05) is 34.5 Å². The van der Waals surface area contributed by atoms with E-state index < -0.39 is 22.6 Å². The van der Waals surface area contributed by atoms with Gasteiger partial charge in [-0.05, 0) is 85.8 Å². The summed E-state index contributed by atoms with van der Waals surface area (Å²) in [5, 5.41) is 3.08. The topological polar surface area (TPSA) is 102 Å². The molecule has 41 heavy (non-hydrogen) atoms. The number of nitrogens with one attached hydrogen (secondary N) is 1. The maximum Gasteiger partial charge on any atom is 0.336 e. The standard InChI is InChI=1S/C29H28FIN6O4/c1-16-25-24(26(34(3)27(16)39)32-22-10-7-17(31)13-21(22)30)28(40)37(18-8-9-18)29(41)36(25)20-6-4-5-19(14-20)35-12-11-33(2)15-23(35)38/h4-7,10,13-14,18,32H,8-9,11-12,15H2,1-3H3. The summed E-state index contributed by atoms with van der Waals surface area (Å²) < 4.78 is 19.5. The molecule has 0 atom stereocenters. The van der Waals surface area contributed by atoms with Crippen LogP contribution in [0.2, 0.25) is 0 Å². The zero-order chi connectivity index (χ0) is 29.2. The van der Waals surface area contributed by atoms with Gasteiger partial charge in [-0.3, -0.25) is 33.0 Å². The van der Waals surface area contributed by atoms with Crippen LogP contribution in [0, 0.1) is 16.3 Å². The van der Waals surface area contributed by atoms with Crippen molar-refractivity contribution in [1.29, 1.82) is 0 Å². The zero-order valence-corrected chi connectivity index (χ0v) is 24.9. The molecule has 1 saturated heterocycles. The number of anilines is 3. The van der Waals surface area contributed by atoms with Crippen LogP contribution in [0.3, 0.4) is 0 Å². The fourth-order valence-corrected chi connectivity index (χ4v) is 5.89. The van der Waals surface area contributed by atoms with Gasteiger partial charge >= 0.3 is 5.69 Å². The third-order valence-corrected chi connectivity index (χ3v) is 8.42. The first-order valence-electron chi connectivity index (χ1n) is 13.3. The molecule has 2 aromatic carbocycles. The van der Waals surface area contributed by atoms with Crippen LogP contribution in [0.15, 0.2) is 56.8 Å². The quantitative estimate of drug-likeness (QED) is 0.328. The molecule has 0 radical (unpaired) electrons. The molecular weight excluding hydrogens is 642 g/mol. The lowest BCUT2D eigenvalue weighted by Crippen LogP contribution is -2.49. The SMILES string of the molecule is Cc1c(=O)n(C)c(Nc2ccc(I)cc2F)c2c(=O)n(C3CC3)c(=O)n(-c3cccc(N4CCN(C)CC4=O)c3)c12. The smallest absolute Gasteiger partial charge is 0.336 e. The number of aromatic nitrogens is 3. The molecule has 3 heterocycles. The third-order valence-electron chi connectivity index (χ3n) is 7.75. The van der Waals surface area contributed by atoms with E-state index in [2.05, 4.69) is 5.32 Å². The molecule has 1 aliphatic carbocycles. The summed E-state index contributed by atoms with van der Waals surface area (Å²) >= 11 is 2.00. The van der Waals surface area contributed by atoms with Crippen LogP contribution in [0.4, 0.5) is 21.6 Å². The number of rotatable bonds is 5. The molecule has 0 spiro atoms. The number of piperazine rings is 1. The predicted molar refractivity (Wildman–Crippen MR) is 164 cm³/mol. The van der Waals surface area contributed by atoms with E-state index in [0.717, 1.165) is 0 Å². The average molecular weight is 670 g/mol. The third kappa shape index (κ3) is 4.68. The van der Waals surface area contributed by atoms with Gasteiger partial charge in [0.15, 0.2) is 0 Å². The molecule has 1 amide bonds. The molecule has 0 bridgehead atoms. The second-order valence-electron chi connectivity index (χ2n) is 10.6. The Hall–Kier alpha value is -3.78. The first-order chi connectivity index (χ1) is 19.6. The number of hydrogen-bond donors (Lipinski definition) is 1. The van der Waals surface area contributed by atoms with Gasteiger partial charge < -0.3 is 10.2 Å². The van der Waals surface area contributed by atoms with E-state index in [1.54, 1.807) is 48.2 Å². The maximum atomic E-state index is 14.9. The van der Waals surface area contributed by atoms with Crippen LogP contribution in [0.5, 0.6) is 0 Å². The van der Waals surface area contributed by atoms with Crippen molar-refractivity contribution in [3.8, 4) is 5.69 Å². The highest BCUT2D eigenvalue weighted by atomic mass is 127. The van der Waals surface area contributed by atoms with E-state index in [-0.39, 0.29) is 46.5 Å². The van der Waals surface area contributed by atoms with Gasteiger partial charge in [0.25, 0.3) is 11.1 Å². The summed E-state index contributed by atoms with van der Waals surface area (Å²) in [6.07, 6.45) is 1.35. The highest BCUT2D eigenvalue weighted by Gasteiger charge is 2.32. The molecule has 2 aliphatic rings. The minimum atomic E-state index is -0.561. The van der Waals surface area contributed by atoms with Crippen molar-refractivity contribution in [3.05, 3.63) is 88.6 Å². The Labute approximate surface area is 247 Å². The molecule has 1 saturated carbocycles. The van der Waals surface area contributed by atoms with Crippen LogP contribution in [0.25, 0.3) is 16.6 Å². The van der Waals surface area contributed by atoms with Gasteiger partial charge in [-0.1, -0.05) is 6.07 Å². The van der Waals surface area contributed by atoms with Gasteiger partial charge in [0.2, 0.25) is 5.91 Å². The number of pyridine rings is 1. The van der Waals surface area contributed by atoms with Crippen LogP contribution in [-0.2, 0) is 11.8 Å². The normalized spacial score (nSPS) is 16.0. The first kappa shape index (κ1) is 27.4. The Balaban J connectivity index is 1.65. The molecule has 1 aliphatic heterocycles. The van der Waals surface area contributed by atoms with Gasteiger partial charge in [-0.15, -0.1) is 0 Å². The van der Waals surface area contributed by atoms with E-state index in [4.69, 9.17) is 0 Å². The number of fused-ring (bicyclic) bond motifs is 1. The van der Waals surface area contributed by atoms with Gasteiger partial charge in [-0.2, -0.15) is 0 Å². The number of halogens is 2. The molecule has 10 nitrogen and oxygen atoms in total. The Morgan fingerprint density at radius 1 is 0.951 bits per heavy atom. The summed E-state index contributed by atoms with van der Waals surface area (Å²) in [6, 6.07) is 11.3. The molecular formula is C29H28FIN6O4. The number of hydrogen-bond acceptors (Lipinski definition) is 6. The van der Waals surface area contributed by atoms with Crippen molar-refractivity contribution in [2.45, 2.75) is 25.8 Å². The average Bonchev–Trinajstić information content (AvgIpc) is 3.76. The number of aryl methyl sites for hydroxylation is 1. The molecule has 2 aromatic heterocycles. The van der Waals surface area contributed by atoms with E-state index in [1.165, 1.54) is 26.8 Å². The molecule has 12 heteroatoms. The maximum absolute atomic E-state index is 14.9. The summed E-state index contributed by atoms with van der Waals surface area (Å²) in [6.45, 7) is 3.04. The summed E-state index contributed by atoms with van der Waals surface area (Å²) in [7, 11) is 3.40. The van der Waals surface area contributed by atoms with Gasteiger partial charge in [-0.25, -0.2) is 9.18 Å². The van der Waals surface area contributed by atoms with Crippen molar-refractivity contribution in [1.82, 2.24) is 18.6 Å². The lowest BCUT2D eigenvalue weighted by Gasteiger charge is -2.32. The molecule has 2 fully saturated rings.